The second-order valence-electron chi connectivity index (χ2n) is 21.8. The molecule has 0 aliphatic rings. The molecule has 9 amide bonds. The average Bonchev–Trinajstić information content (AvgIpc) is 3.49. The fourth-order valence-electron chi connectivity index (χ4n) is 8.53. The molecule has 0 unspecified atom stereocenters. The maximum Gasteiger partial charge on any atom is 0.243 e. The Balaban J connectivity index is 7.03. The van der Waals surface area contributed by atoms with Crippen molar-refractivity contribution in [2.24, 2.45) is 107 Å². The zero-order valence-corrected chi connectivity index (χ0v) is 51.8. The summed E-state index contributed by atoms with van der Waals surface area (Å²) < 4.78 is 0. The Hall–Kier alpha value is -7.73. The standard InChI is InChI=1S/C54H106N22O9/c1-11-28(6)37(72-43(78)33(55)20-16-24-65-51(57)58)47(82)70-36(23-19-27-68-54(63)64)45(80)74-40(31(9)14-4)49(84)76-41(32(10)15-5)50(85)75-39(30(8)13-3)48(83)71-35(22-18-26-67-53(61)62)44(79)73-38(29(7)12-2)46(81)69-34(42(56)77)21-17-25-66-52(59)60/h28-41H,11-27,55H2,1-10H3,(H2,56,77)(H,69,81)(H,70,82)(H,71,83)(H,72,78)(H,73,79)(H,74,80)(H,75,85)(H,76,84)(H4,57,58,65)(H4,59,60,66)(H4,61,62,67)(H4,63,64,68)/t28-,29-,30-,31-,32-,33-,34-,35-,36-,37-,38-,39-,40-,41-/m0/s1. The Labute approximate surface area is 501 Å². The van der Waals surface area contributed by atoms with Crippen LogP contribution in [0.5, 0.6) is 0 Å². The predicted octanol–water partition coefficient (Wildman–Crippen LogP) is -3.88. The van der Waals surface area contributed by atoms with E-state index in [2.05, 4.69) is 62.5 Å². The van der Waals surface area contributed by atoms with Crippen molar-refractivity contribution in [1.82, 2.24) is 42.5 Å². The molecule has 85 heavy (non-hydrogen) atoms. The first kappa shape index (κ1) is 77.3. The fourth-order valence-corrected chi connectivity index (χ4v) is 8.53. The molecule has 0 aliphatic carbocycles. The Kier molecular flexibility index (Phi) is 37.6. The van der Waals surface area contributed by atoms with Crippen LogP contribution in [0.2, 0.25) is 0 Å². The number of nitrogens with zero attached hydrogens (tertiary/aromatic N) is 4. The zero-order chi connectivity index (χ0) is 65.1. The van der Waals surface area contributed by atoms with Crippen LogP contribution in [0, 0.1) is 29.6 Å². The van der Waals surface area contributed by atoms with Gasteiger partial charge >= 0.3 is 0 Å². The lowest BCUT2D eigenvalue weighted by Gasteiger charge is -2.32. The Morgan fingerprint density at radius 1 is 0.306 bits per heavy atom. The summed E-state index contributed by atoms with van der Waals surface area (Å²) >= 11 is 0. The minimum atomic E-state index is -1.31. The number of aliphatic imine (C=N–C) groups is 4. The highest BCUT2D eigenvalue weighted by Gasteiger charge is 2.39. The number of carbonyl (C=O) groups excluding carboxylic acids is 9. The quantitative estimate of drug-likeness (QED) is 0.0158. The predicted molar refractivity (Wildman–Crippen MR) is 330 cm³/mol. The van der Waals surface area contributed by atoms with Crippen molar-refractivity contribution in [1.29, 1.82) is 0 Å². The Morgan fingerprint density at radius 3 is 0.765 bits per heavy atom. The molecule has 28 N–H and O–H groups in total. The van der Waals surface area contributed by atoms with Gasteiger partial charge in [-0.25, -0.2) is 0 Å². The zero-order valence-electron chi connectivity index (χ0n) is 51.8. The van der Waals surface area contributed by atoms with Gasteiger partial charge in [-0.15, -0.1) is 0 Å². The maximum absolute atomic E-state index is 14.6. The monoisotopic (exact) mass is 1210 g/mol. The lowest BCUT2D eigenvalue weighted by Crippen LogP contribution is -2.63. The minimum absolute atomic E-state index is 0.000764. The summed E-state index contributed by atoms with van der Waals surface area (Å²) in [6, 6.07) is -10.8. The van der Waals surface area contributed by atoms with Gasteiger partial charge < -0.3 is 99.9 Å². The van der Waals surface area contributed by atoms with Gasteiger partial charge in [0, 0.05) is 26.2 Å². The highest BCUT2D eigenvalue weighted by atomic mass is 16.2. The van der Waals surface area contributed by atoms with Crippen molar-refractivity contribution in [2.75, 3.05) is 26.2 Å². The van der Waals surface area contributed by atoms with Crippen molar-refractivity contribution in [3.05, 3.63) is 0 Å². The number of rotatable bonds is 43. The number of carbonyl (C=O) groups is 9. The van der Waals surface area contributed by atoms with E-state index in [0.717, 1.165) is 0 Å². The SMILES string of the molecule is CC[C@H](C)[C@H](NC(=O)[C@H](CCCN=C(N)N)NC(=O)[C@@H](NC(=O)[C@@H](NC(=O)[C@@H](NC(=O)[C@H](CCCN=C(N)N)NC(=O)[C@@H](NC(=O)[C@@H](N)CCCN=C(N)N)[C@@H](C)CC)[C@@H](C)CC)[C@@H](C)CC)[C@@H](C)CC)C(=O)N[C@@H](CCCN=C(N)N)C(N)=O. The van der Waals surface area contributed by atoms with Gasteiger partial charge in [0.25, 0.3) is 0 Å². The fraction of sp³-hybridized carbons (Fsp3) is 0.759. The molecule has 0 aromatic heterocycles. The van der Waals surface area contributed by atoms with Crippen LogP contribution in [-0.2, 0) is 43.2 Å². The lowest BCUT2D eigenvalue weighted by molar-refractivity contribution is -0.137. The number of nitrogens with one attached hydrogen (secondary N) is 8. The number of guanidine groups is 4. The maximum atomic E-state index is 14.6. The van der Waals surface area contributed by atoms with Crippen LogP contribution in [0.4, 0.5) is 0 Å². The van der Waals surface area contributed by atoms with E-state index in [-0.39, 0.29) is 88.5 Å². The average molecular weight is 1210 g/mol. The summed E-state index contributed by atoms with van der Waals surface area (Å²) in [5, 5.41) is 22.1. The van der Waals surface area contributed by atoms with Crippen molar-refractivity contribution < 1.29 is 43.2 Å². The first-order valence-corrected chi connectivity index (χ1v) is 29.6. The molecule has 0 bridgehead atoms. The summed E-state index contributed by atoms with van der Waals surface area (Å²) in [6.07, 6.45) is 3.36. The largest absolute Gasteiger partial charge is 0.370 e. The molecule has 0 aromatic rings. The molecule has 0 rings (SSSR count). The van der Waals surface area contributed by atoms with E-state index < -0.39 is 137 Å². The van der Waals surface area contributed by atoms with E-state index in [4.69, 9.17) is 57.3 Å². The molecular weight excluding hydrogens is 1100 g/mol. The first-order valence-electron chi connectivity index (χ1n) is 29.6. The minimum Gasteiger partial charge on any atom is -0.370 e. The van der Waals surface area contributed by atoms with Gasteiger partial charge in [0.2, 0.25) is 53.2 Å². The molecule has 0 radical (unpaired) electrons. The normalized spacial score (nSPS) is 16.0. The van der Waals surface area contributed by atoms with E-state index in [1.165, 1.54) is 0 Å². The summed E-state index contributed by atoms with van der Waals surface area (Å²) in [5.41, 5.74) is 55.7. The smallest absolute Gasteiger partial charge is 0.243 e. The summed E-state index contributed by atoms with van der Waals surface area (Å²) in [4.78, 5) is 142. The van der Waals surface area contributed by atoms with Crippen LogP contribution >= 0.6 is 0 Å². The molecule has 0 fully saturated rings. The van der Waals surface area contributed by atoms with Gasteiger partial charge in [0.05, 0.1) is 6.04 Å². The van der Waals surface area contributed by atoms with Crippen molar-refractivity contribution in [3.63, 3.8) is 0 Å². The molecule has 0 heterocycles. The third kappa shape index (κ3) is 30.1. The van der Waals surface area contributed by atoms with Gasteiger partial charge in [-0.3, -0.25) is 63.1 Å². The Bertz CT molecular complexity index is 2250. The number of hydrogen-bond acceptors (Lipinski definition) is 14. The van der Waals surface area contributed by atoms with Crippen molar-refractivity contribution >= 4 is 77.0 Å². The van der Waals surface area contributed by atoms with Crippen LogP contribution in [0.25, 0.3) is 0 Å². The van der Waals surface area contributed by atoms with Crippen LogP contribution < -0.4 is 99.9 Å². The second-order valence-corrected chi connectivity index (χ2v) is 21.8. The Morgan fingerprint density at radius 2 is 0.518 bits per heavy atom. The molecule has 31 heteroatoms. The summed E-state index contributed by atoms with van der Waals surface area (Å²) in [6.45, 7) is 18.3. The van der Waals surface area contributed by atoms with Gasteiger partial charge in [-0.2, -0.15) is 0 Å². The van der Waals surface area contributed by atoms with Crippen LogP contribution in [0.3, 0.4) is 0 Å². The first-order chi connectivity index (χ1) is 39.9. The van der Waals surface area contributed by atoms with Gasteiger partial charge in [0.1, 0.15) is 48.3 Å². The molecule has 14 atom stereocenters. The molecule has 0 aliphatic heterocycles. The van der Waals surface area contributed by atoms with E-state index in [0.29, 0.717) is 44.9 Å². The highest BCUT2D eigenvalue weighted by Crippen LogP contribution is 2.18. The van der Waals surface area contributed by atoms with E-state index >= 15 is 0 Å². The summed E-state index contributed by atoms with van der Waals surface area (Å²) in [7, 11) is 0. The number of amides is 9. The molecule has 0 saturated carbocycles. The van der Waals surface area contributed by atoms with Crippen molar-refractivity contribution in [2.45, 2.75) is 207 Å². The molecule has 486 valence electrons. The molecule has 0 aromatic carbocycles. The number of nitrogens with two attached hydrogens (primary N) is 10. The van der Waals surface area contributed by atoms with Crippen LogP contribution in [-0.4, -0.2) is 158 Å². The van der Waals surface area contributed by atoms with Gasteiger partial charge in [-0.05, 0) is 81.0 Å². The lowest BCUT2D eigenvalue weighted by atomic mass is 9.93. The number of primary amides is 1. The topological polar surface area (TPSA) is 560 Å². The molecule has 31 nitrogen and oxygen atoms in total. The second kappa shape index (κ2) is 41.3. The van der Waals surface area contributed by atoms with E-state index in [1.807, 2.05) is 6.92 Å². The number of hydrogen-bond donors (Lipinski definition) is 18. The molecular formula is C54H106N22O9. The third-order valence-corrected chi connectivity index (χ3v) is 15.0. The van der Waals surface area contributed by atoms with Crippen molar-refractivity contribution in [3.8, 4) is 0 Å². The van der Waals surface area contributed by atoms with Crippen LogP contribution in [0.1, 0.15) is 153 Å². The van der Waals surface area contributed by atoms with Gasteiger partial charge in [-0.1, -0.05) is 101 Å². The molecule has 0 spiro atoms. The van der Waals surface area contributed by atoms with Gasteiger partial charge in [0.15, 0.2) is 23.8 Å². The highest BCUT2D eigenvalue weighted by molar-refractivity contribution is 5.98. The third-order valence-electron chi connectivity index (χ3n) is 15.0. The van der Waals surface area contributed by atoms with E-state index in [1.54, 1.807) is 62.3 Å². The van der Waals surface area contributed by atoms with E-state index in [9.17, 15) is 43.2 Å². The molecule has 0 saturated heterocycles. The summed E-state index contributed by atoms with van der Waals surface area (Å²) in [5.74, 6) is -9.69. The van der Waals surface area contributed by atoms with Crippen LogP contribution in [0.15, 0.2) is 20.0 Å².